The minimum absolute atomic E-state index is 0.0297. The highest BCUT2D eigenvalue weighted by Crippen LogP contribution is 2.21. The molecule has 0 radical (unpaired) electrons. The van der Waals surface area contributed by atoms with E-state index in [1.807, 2.05) is 32.0 Å². The molecule has 3 aromatic carbocycles. The first-order valence-electron chi connectivity index (χ1n) is 9.75. The zero-order valence-electron chi connectivity index (χ0n) is 17.9. The van der Waals surface area contributed by atoms with Gasteiger partial charge in [-0.2, -0.15) is 10.4 Å². The molecule has 0 fully saturated rings. The molecule has 0 unspecified atom stereocenters. The van der Waals surface area contributed by atoms with Gasteiger partial charge in [0.05, 0.1) is 27.9 Å². The zero-order valence-corrected chi connectivity index (χ0v) is 18.7. The summed E-state index contributed by atoms with van der Waals surface area (Å²) in [7, 11) is -3.88. The Morgan fingerprint density at radius 3 is 2.34 bits per heavy atom. The highest BCUT2D eigenvalue weighted by molar-refractivity contribution is 7.92. The second-order valence-corrected chi connectivity index (χ2v) is 8.96. The first-order chi connectivity index (χ1) is 15.2. The van der Waals surface area contributed by atoms with Crippen molar-refractivity contribution < 1.29 is 13.2 Å². The number of nitrogens with zero attached hydrogens (tertiary/aromatic N) is 2. The number of nitriles is 1. The summed E-state index contributed by atoms with van der Waals surface area (Å²) in [5.41, 5.74) is 6.72. The molecule has 0 aromatic heterocycles. The number of aryl methyl sites for hydroxylation is 2. The molecule has 0 aliphatic rings. The lowest BCUT2D eigenvalue weighted by Gasteiger charge is -2.12. The van der Waals surface area contributed by atoms with Gasteiger partial charge in [-0.15, -0.1) is 0 Å². The van der Waals surface area contributed by atoms with Crippen LogP contribution in [0.2, 0.25) is 0 Å². The minimum atomic E-state index is -3.88. The Labute approximate surface area is 187 Å². The second kappa shape index (κ2) is 9.45. The van der Waals surface area contributed by atoms with Crippen LogP contribution in [0.5, 0.6) is 0 Å². The highest BCUT2D eigenvalue weighted by Gasteiger charge is 2.17. The number of amides is 1. The van der Waals surface area contributed by atoms with Crippen LogP contribution in [-0.2, 0) is 10.0 Å². The van der Waals surface area contributed by atoms with E-state index in [-0.39, 0.29) is 10.5 Å². The molecule has 1 amide bonds. The van der Waals surface area contributed by atoms with E-state index in [1.54, 1.807) is 37.3 Å². The molecule has 0 saturated heterocycles. The lowest BCUT2D eigenvalue weighted by Crippen LogP contribution is -2.20. The van der Waals surface area contributed by atoms with E-state index < -0.39 is 15.9 Å². The van der Waals surface area contributed by atoms with Gasteiger partial charge in [0.2, 0.25) is 0 Å². The summed E-state index contributed by atoms with van der Waals surface area (Å²) >= 11 is 0. The van der Waals surface area contributed by atoms with Gasteiger partial charge >= 0.3 is 0 Å². The van der Waals surface area contributed by atoms with Crippen LogP contribution < -0.4 is 10.1 Å². The summed E-state index contributed by atoms with van der Waals surface area (Å²) in [6.07, 6.45) is 0. The van der Waals surface area contributed by atoms with Gasteiger partial charge in [-0.1, -0.05) is 35.9 Å². The Kier molecular flexibility index (Phi) is 6.71. The number of hydrogen-bond donors (Lipinski definition) is 2. The topological polar surface area (TPSA) is 111 Å². The molecular weight excluding hydrogens is 424 g/mol. The van der Waals surface area contributed by atoms with Gasteiger partial charge in [0.1, 0.15) is 0 Å². The van der Waals surface area contributed by atoms with Crippen LogP contribution in [0.4, 0.5) is 5.69 Å². The van der Waals surface area contributed by atoms with E-state index in [9.17, 15) is 13.2 Å². The highest BCUT2D eigenvalue weighted by atomic mass is 32.2. The van der Waals surface area contributed by atoms with Crippen molar-refractivity contribution in [3.05, 3.63) is 94.5 Å². The van der Waals surface area contributed by atoms with Gasteiger partial charge in [-0.3, -0.25) is 9.52 Å². The van der Waals surface area contributed by atoms with Crippen molar-refractivity contribution >= 4 is 27.3 Å². The third-order valence-electron chi connectivity index (χ3n) is 4.79. The van der Waals surface area contributed by atoms with Crippen molar-refractivity contribution in [1.82, 2.24) is 5.43 Å². The van der Waals surface area contributed by atoms with Crippen LogP contribution >= 0.6 is 0 Å². The van der Waals surface area contributed by atoms with E-state index in [1.165, 1.54) is 24.3 Å². The molecule has 162 valence electrons. The van der Waals surface area contributed by atoms with Crippen molar-refractivity contribution in [2.24, 2.45) is 5.10 Å². The number of carbonyl (C=O) groups is 1. The minimum Gasteiger partial charge on any atom is -0.279 e. The molecule has 3 rings (SSSR count). The quantitative estimate of drug-likeness (QED) is 0.438. The molecule has 0 aliphatic carbocycles. The number of sulfonamides is 1. The molecule has 8 heteroatoms. The number of benzene rings is 3. The number of carbonyl (C=O) groups excluding carboxylic acids is 1. The third kappa shape index (κ3) is 5.39. The standard InChI is InChI=1S/C24H22N4O3S/c1-16-7-12-23(17(2)13-16)28-32(30,31)22-6-4-5-21(14-22)24(29)27-26-18(3)20-10-8-19(15-25)9-11-20/h4-14,28H,1-3H3,(H,27,29)/b26-18+. The Balaban J connectivity index is 1.77. The maximum Gasteiger partial charge on any atom is 0.271 e. The predicted molar refractivity (Wildman–Crippen MR) is 124 cm³/mol. The molecule has 3 aromatic rings. The molecule has 0 spiro atoms. The molecule has 2 N–H and O–H groups in total. The van der Waals surface area contributed by atoms with Gasteiger partial charge in [0.15, 0.2) is 0 Å². The number of hydrogen-bond acceptors (Lipinski definition) is 5. The summed E-state index contributed by atoms with van der Waals surface area (Å²) in [6.45, 7) is 5.47. The van der Waals surface area contributed by atoms with Gasteiger partial charge in [0, 0.05) is 5.56 Å². The van der Waals surface area contributed by atoms with Gasteiger partial charge < -0.3 is 0 Å². The van der Waals surface area contributed by atoms with Gasteiger partial charge in [0.25, 0.3) is 15.9 Å². The molecule has 0 atom stereocenters. The van der Waals surface area contributed by atoms with Crippen molar-refractivity contribution in [2.75, 3.05) is 4.72 Å². The number of rotatable bonds is 6. The maximum absolute atomic E-state index is 12.8. The molecule has 7 nitrogen and oxygen atoms in total. The lowest BCUT2D eigenvalue weighted by molar-refractivity contribution is 0.0954. The summed E-state index contributed by atoms with van der Waals surface area (Å²) in [6, 6.07) is 20.0. The summed E-state index contributed by atoms with van der Waals surface area (Å²) in [5, 5.41) is 12.9. The molecule has 32 heavy (non-hydrogen) atoms. The number of hydrazone groups is 1. The zero-order chi connectivity index (χ0) is 23.3. The van der Waals surface area contributed by atoms with E-state index >= 15 is 0 Å². The third-order valence-corrected chi connectivity index (χ3v) is 6.15. The fourth-order valence-electron chi connectivity index (χ4n) is 2.99. The SMILES string of the molecule is C/C(=N\NC(=O)c1cccc(S(=O)(=O)Nc2ccc(C)cc2C)c1)c1ccc(C#N)cc1. The van der Waals surface area contributed by atoms with E-state index in [2.05, 4.69) is 15.2 Å². The first-order valence-corrected chi connectivity index (χ1v) is 11.2. The normalized spacial score (nSPS) is 11.5. The van der Waals surface area contributed by atoms with E-state index in [4.69, 9.17) is 5.26 Å². The first kappa shape index (κ1) is 22.7. The largest absolute Gasteiger partial charge is 0.279 e. The van der Waals surface area contributed by atoms with Gasteiger partial charge in [-0.25, -0.2) is 13.8 Å². The summed E-state index contributed by atoms with van der Waals surface area (Å²) in [5.74, 6) is -0.540. The fourth-order valence-corrected chi connectivity index (χ4v) is 4.16. The average molecular weight is 447 g/mol. The molecule has 0 heterocycles. The Hall–Kier alpha value is -3.96. The van der Waals surface area contributed by atoms with E-state index in [0.29, 0.717) is 17.0 Å². The monoisotopic (exact) mass is 446 g/mol. The Bertz CT molecular complexity index is 1340. The average Bonchev–Trinajstić information content (AvgIpc) is 2.79. The second-order valence-electron chi connectivity index (χ2n) is 7.28. The summed E-state index contributed by atoms with van der Waals surface area (Å²) in [4.78, 5) is 12.5. The van der Waals surface area contributed by atoms with Crippen LogP contribution in [0.25, 0.3) is 0 Å². The van der Waals surface area contributed by atoms with Crippen molar-refractivity contribution in [1.29, 1.82) is 5.26 Å². The Morgan fingerprint density at radius 2 is 1.69 bits per heavy atom. The van der Waals surface area contributed by atoms with Crippen LogP contribution in [0.3, 0.4) is 0 Å². The maximum atomic E-state index is 12.8. The number of nitrogens with one attached hydrogen (secondary N) is 2. The molecule has 0 aliphatic heterocycles. The number of anilines is 1. The molecule has 0 saturated carbocycles. The van der Waals surface area contributed by atoms with Crippen molar-refractivity contribution in [3.8, 4) is 6.07 Å². The van der Waals surface area contributed by atoms with E-state index in [0.717, 1.165) is 16.7 Å². The Morgan fingerprint density at radius 1 is 0.969 bits per heavy atom. The predicted octanol–water partition coefficient (Wildman–Crippen LogP) is 4.13. The van der Waals surface area contributed by atoms with Crippen LogP contribution in [0, 0.1) is 25.2 Å². The van der Waals surface area contributed by atoms with Crippen molar-refractivity contribution in [2.45, 2.75) is 25.7 Å². The fraction of sp³-hybridized carbons (Fsp3) is 0.125. The lowest BCUT2D eigenvalue weighted by atomic mass is 10.1. The summed E-state index contributed by atoms with van der Waals surface area (Å²) < 4.78 is 28.2. The van der Waals surface area contributed by atoms with Gasteiger partial charge in [-0.05, 0) is 68.3 Å². The molecule has 0 bridgehead atoms. The smallest absolute Gasteiger partial charge is 0.271 e. The van der Waals surface area contributed by atoms with Crippen LogP contribution in [-0.4, -0.2) is 20.0 Å². The van der Waals surface area contributed by atoms with Crippen molar-refractivity contribution in [3.63, 3.8) is 0 Å². The van der Waals surface area contributed by atoms with Crippen LogP contribution in [0.15, 0.2) is 76.7 Å². The van der Waals surface area contributed by atoms with Crippen LogP contribution in [0.1, 0.15) is 39.5 Å². The molecular formula is C24H22N4O3S.